The second kappa shape index (κ2) is 6.28. The van der Waals surface area contributed by atoms with Crippen molar-refractivity contribution in [3.05, 3.63) is 50.9 Å². The summed E-state index contributed by atoms with van der Waals surface area (Å²) in [5.41, 5.74) is 7.33. The maximum absolute atomic E-state index is 12.2. The van der Waals surface area contributed by atoms with Crippen LogP contribution in [0.25, 0.3) is 0 Å². The van der Waals surface area contributed by atoms with Crippen molar-refractivity contribution >= 4 is 49.1 Å². The van der Waals surface area contributed by atoms with Gasteiger partial charge in [0.1, 0.15) is 5.75 Å². The summed E-state index contributed by atoms with van der Waals surface area (Å²) >= 11 is 6.70. The van der Waals surface area contributed by atoms with Gasteiger partial charge in [-0.2, -0.15) is 0 Å². The van der Waals surface area contributed by atoms with Crippen molar-refractivity contribution in [2.45, 2.75) is 0 Å². The number of anilines is 2. The molecule has 0 fully saturated rings. The van der Waals surface area contributed by atoms with Crippen LogP contribution < -0.4 is 15.8 Å². The van der Waals surface area contributed by atoms with Gasteiger partial charge in [-0.1, -0.05) is 31.9 Å². The van der Waals surface area contributed by atoms with E-state index < -0.39 is 0 Å². The highest BCUT2D eigenvalue weighted by atomic mass is 79.9. The Hall–Kier alpha value is -1.53. The molecule has 4 nitrogen and oxygen atoms in total. The van der Waals surface area contributed by atoms with Gasteiger partial charge in [0.15, 0.2) is 0 Å². The van der Waals surface area contributed by atoms with Crippen LogP contribution in [0.3, 0.4) is 0 Å². The molecule has 0 aromatic heterocycles. The molecule has 0 unspecified atom stereocenters. The van der Waals surface area contributed by atoms with Crippen LogP contribution in [0.5, 0.6) is 5.75 Å². The molecule has 0 heterocycles. The second-order valence-electron chi connectivity index (χ2n) is 4.07. The zero-order valence-electron chi connectivity index (χ0n) is 10.6. The fraction of sp³-hybridized carbons (Fsp3) is 0.0714. The number of amides is 1. The minimum Gasteiger partial charge on any atom is -0.495 e. The Balaban J connectivity index is 2.29. The molecule has 0 atom stereocenters. The molecule has 3 N–H and O–H groups in total. The van der Waals surface area contributed by atoms with Crippen molar-refractivity contribution in [1.29, 1.82) is 0 Å². The summed E-state index contributed by atoms with van der Waals surface area (Å²) in [5.74, 6) is 0.317. The molecule has 0 aliphatic carbocycles. The molecule has 0 spiro atoms. The third-order valence-corrected chi connectivity index (χ3v) is 3.51. The van der Waals surface area contributed by atoms with Crippen molar-refractivity contribution in [3.63, 3.8) is 0 Å². The summed E-state index contributed by atoms with van der Waals surface area (Å²) in [6.45, 7) is 0. The Morgan fingerprint density at radius 2 is 1.80 bits per heavy atom. The number of hydrogen-bond acceptors (Lipinski definition) is 3. The van der Waals surface area contributed by atoms with Crippen molar-refractivity contribution in [2.75, 3.05) is 18.2 Å². The minimum absolute atomic E-state index is 0.240. The summed E-state index contributed by atoms with van der Waals surface area (Å²) in [6, 6.07) is 10.4. The smallest absolute Gasteiger partial charge is 0.255 e. The number of rotatable bonds is 3. The number of benzene rings is 2. The van der Waals surface area contributed by atoms with Gasteiger partial charge in [0.2, 0.25) is 0 Å². The lowest BCUT2D eigenvalue weighted by Crippen LogP contribution is -2.13. The van der Waals surface area contributed by atoms with Gasteiger partial charge < -0.3 is 15.8 Å². The van der Waals surface area contributed by atoms with Crippen molar-refractivity contribution in [2.24, 2.45) is 0 Å². The number of nitrogens with two attached hydrogens (primary N) is 1. The van der Waals surface area contributed by atoms with Crippen LogP contribution in [-0.4, -0.2) is 13.0 Å². The number of methoxy groups -OCH3 is 1. The van der Waals surface area contributed by atoms with E-state index in [9.17, 15) is 4.79 Å². The highest BCUT2D eigenvalue weighted by molar-refractivity contribution is 9.11. The Bertz CT molecular complexity index is 639. The Morgan fingerprint density at radius 1 is 1.15 bits per heavy atom. The maximum atomic E-state index is 12.2. The predicted molar refractivity (Wildman–Crippen MR) is 87.2 cm³/mol. The standard InChI is InChI=1S/C14H12Br2N2O2/c1-20-13-3-2-11(17)7-12(13)18-14(19)8-4-9(15)6-10(16)5-8/h2-7H,17H2,1H3,(H,18,19). The molecule has 0 saturated heterocycles. The molecule has 2 rings (SSSR count). The van der Waals surface area contributed by atoms with Crippen LogP contribution in [0, 0.1) is 0 Å². The van der Waals surface area contributed by atoms with E-state index in [1.807, 2.05) is 6.07 Å². The lowest BCUT2D eigenvalue weighted by atomic mass is 10.2. The summed E-state index contributed by atoms with van der Waals surface area (Å²) in [4.78, 5) is 12.2. The van der Waals surface area contributed by atoms with E-state index in [1.165, 1.54) is 7.11 Å². The van der Waals surface area contributed by atoms with E-state index in [1.54, 1.807) is 30.3 Å². The third-order valence-electron chi connectivity index (χ3n) is 2.60. The van der Waals surface area contributed by atoms with Crippen molar-refractivity contribution in [1.82, 2.24) is 0 Å². The quantitative estimate of drug-likeness (QED) is 0.765. The van der Waals surface area contributed by atoms with E-state index in [-0.39, 0.29) is 5.91 Å². The van der Waals surface area contributed by atoms with Crippen molar-refractivity contribution < 1.29 is 9.53 Å². The zero-order chi connectivity index (χ0) is 14.7. The number of carbonyl (C=O) groups is 1. The number of carbonyl (C=O) groups excluding carboxylic acids is 1. The van der Waals surface area contributed by atoms with Gasteiger partial charge in [-0.25, -0.2) is 0 Å². The molecule has 2 aromatic rings. The first-order valence-corrected chi connectivity index (χ1v) is 7.29. The molecule has 20 heavy (non-hydrogen) atoms. The van der Waals surface area contributed by atoms with Crippen LogP contribution in [0.4, 0.5) is 11.4 Å². The van der Waals surface area contributed by atoms with Gasteiger partial charge in [-0.3, -0.25) is 4.79 Å². The first-order chi connectivity index (χ1) is 9.49. The van der Waals surface area contributed by atoms with Gasteiger partial charge >= 0.3 is 0 Å². The summed E-state index contributed by atoms with van der Waals surface area (Å²) in [7, 11) is 1.54. The molecule has 6 heteroatoms. The van der Waals surface area contributed by atoms with E-state index >= 15 is 0 Å². The number of nitrogens with one attached hydrogen (secondary N) is 1. The lowest BCUT2D eigenvalue weighted by molar-refractivity contribution is 0.102. The first kappa shape index (κ1) is 14.9. The molecule has 1 amide bonds. The first-order valence-electron chi connectivity index (χ1n) is 5.70. The molecule has 0 aliphatic heterocycles. The highest BCUT2D eigenvalue weighted by Gasteiger charge is 2.11. The molecule has 0 aliphatic rings. The highest BCUT2D eigenvalue weighted by Crippen LogP contribution is 2.27. The van der Waals surface area contributed by atoms with E-state index in [0.717, 1.165) is 8.95 Å². The largest absolute Gasteiger partial charge is 0.495 e. The van der Waals surface area contributed by atoms with Gasteiger partial charge in [-0.05, 0) is 36.4 Å². The summed E-state index contributed by atoms with van der Waals surface area (Å²) in [6.07, 6.45) is 0. The van der Waals surface area contributed by atoms with Gasteiger partial charge in [0.25, 0.3) is 5.91 Å². The van der Waals surface area contributed by atoms with Crippen LogP contribution in [0.15, 0.2) is 45.3 Å². The van der Waals surface area contributed by atoms with Gasteiger partial charge in [0, 0.05) is 20.2 Å². The SMILES string of the molecule is COc1ccc(N)cc1NC(=O)c1cc(Br)cc(Br)c1. The monoisotopic (exact) mass is 398 g/mol. The number of halogens is 2. The lowest BCUT2D eigenvalue weighted by Gasteiger charge is -2.11. The number of ether oxygens (including phenoxy) is 1. The van der Waals surface area contributed by atoms with E-state index in [0.29, 0.717) is 22.7 Å². The third kappa shape index (κ3) is 3.52. The Kier molecular flexibility index (Phi) is 4.67. The number of hydrogen-bond donors (Lipinski definition) is 2. The van der Waals surface area contributed by atoms with E-state index in [2.05, 4.69) is 37.2 Å². The van der Waals surface area contributed by atoms with Crippen LogP contribution in [-0.2, 0) is 0 Å². The summed E-state index contributed by atoms with van der Waals surface area (Å²) in [5, 5.41) is 2.79. The van der Waals surface area contributed by atoms with Crippen LogP contribution in [0.2, 0.25) is 0 Å². The fourth-order valence-electron chi connectivity index (χ4n) is 1.70. The molecular formula is C14H12Br2N2O2. The molecule has 0 saturated carbocycles. The van der Waals surface area contributed by atoms with Gasteiger partial charge in [0.05, 0.1) is 12.8 Å². The van der Waals surface area contributed by atoms with Gasteiger partial charge in [-0.15, -0.1) is 0 Å². The Labute approximate surface area is 133 Å². The summed E-state index contributed by atoms with van der Waals surface area (Å²) < 4.78 is 6.83. The molecule has 104 valence electrons. The minimum atomic E-state index is -0.240. The topological polar surface area (TPSA) is 64.3 Å². The van der Waals surface area contributed by atoms with E-state index in [4.69, 9.17) is 10.5 Å². The Morgan fingerprint density at radius 3 is 2.40 bits per heavy atom. The normalized spacial score (nSPS) is 10.2. The predicted octanol–water partition coefficient (Wildman–Crippen LogP) is 4.05. The van der Waals surface area contributed by atoms with Crippen LogP contribution >= 0.6 is 31.9 Å². The molecule has 0 radical (unpaired) electrons. The average Bonchev–Trinajstić information content (AvgIpc) is 2.37. The number of nitrogen functional groups attached to an aromatic ring is 1. The average molecular weight is 400 g/mol. The molecule has 2 aromatic carbocycles. The fourth-order valence-corrected chi connectivity index (χ4v) is 3.00. The molecule has 0 bridgehead atoms. The molecular weight excluding hydrogens is 388 g/mol. The maximum Gasteiger partial charge on any atom is 0.255 e. The zero-order valence-corrected chi connectivity index (χ0v) is 13.8. The second-order valence-corrected chi connectivity index (χ2v) is 5.90. The van der Waals surface area contributed by atoms with Crippen LogP contribution in [0.1, 0.15) is 10.4 Å². The van der Waals surface area contributed by atoms with Crippen molar-refractivity contribution in [3.8, 4) is 5.75 Å².